The van der Waals surface area contributed by atoms with Crippen LogP contribution in [0.2, 0.25) is 5.15 Å². The van der Waals surface area contributed by atoms with Crippen LogP contribution in [0.1, 0.15) is 5.69 Å². The molecule has 2 rings (SSSR count). The maximum absolute atomic E-state index is 11.1. The lowest BCUT2D eigenvalue weighted by atomic mass is 10.3. The molecule has 1 aromatic rings. The molecule has 0 unspecified atom stereocenters. The van der Waals surface area contributed by atoms with E-state index >= 15 is 0 Å². The fourth-order valence-corrected chi connectivity index (χ4v) is 1.48. The average molecular weight is 213 g/mol. The van der Waals surface area contributed by atoms with Crippen LogP contribution < -0.4 is 0 Å². The van der Waals surface area contributed by atoms with Crippen LogP contribution in [0.25, 0.3) is 0 Å². The minimum absolute atomic E-state index is 0.285. The number of halogens is 1. The first-order chi connectivity index (χ1) is 6.75. The second kappa shape index (κ2) is 3.84. The highest BCUT2D eigenvalue weighted by atomic mass is 35.5. The van der Waals surface area contributed by atoms with Crippen molar-refractivity contribution in [2.75, 3.05) is 13.2 Å². The summed E-state index contributed by atoms with van der Waals surface area (Å²) in [6.45, 7) is 1.53. The summed E-state index contributed by atoms with van der Waals surface area (Å²) in [5.74, 6) is 0. The van der Waals surface area contributed by atoms with Gasteiger partial charge in [0.05, 0.1) is 18.8 Å². The summed E-state index contributed by atoms with van der Waals surface area (Å²) in [4.78, 5) is 16.8. The minimum Gasteiger partial charge on any atom is -0.448 e. The number of hydrogen-bond donors (Lipinski definition) is 0. The fraction of sp³-hybridized carbons (Fsp3) is 0.333. The van der Waals surface area contributed by atoms with Gasteiger partial charge < -0.3 is 4.74 Å². The van der Waals surface area contributed by atoms with E-state index in [1.807, 2.05) is 12.1 Å². The van der Waals surface area contributed by atoms with Crippen molar-refractivity contribution in [3.05, 3.63) is 29.0 Å². The molecular weight excluding hydrogens is 204 g/mol. The van der Waals surface area contributed by atoms with Crippen LogP contribution in [0, 0.1) is 0 Å². The number of hydrogen-bond acceptors (Lipinski definition) is 3. The van der Waals surface area contributed by atoms with Crippen LogP contribution in [-0.4, -0.2) is 29.1 Å². The van der Waals surface area contributed by atoms with Crippen LogP contribution in [0.3, 0.4) is 0 Å². The third kappa shape index (κ3) is 1.96. The Balaban J connectivity index is 2.07. The first kappa shape index (κ1) is 9.27. The Hall–Kier alpha value is -1.29. The summed E-state index contributed by atoms with van der Waals surface area (Å²) in [6, 6.07) is 5.34. The summed E-state index contributed by atoms with van der Waals surface area (Å²) < 4.78 is 4.79. The average Bonchev–Trinajstić information content (AvgIpc) is 2.52. The minimum atomic E-state index is -0.285. The Morgan fingerprint density at radius 1 is 1.57 bits per heavy atom. The lowest BCUT2D eigenvalue weighted by Crippen LogP contribution is -2.23. The van der Waals surface area contributed by atoms with Crippen molar-refractivity contribution in [2.24, 2.45) is 0 Å². The first-order valence-electron chi connectivity index (χ1n) is 4.29. The van der Waals surface area contributed by atoms with Crippen LogP contribution in [0.15, 0.2) is 18.2 Å². The monoisotopic (exact) mass is 212 g/mol. The lowest BCUT2D eigenvalue weighted by Gasteiger charge is -2.11. The van der Waals surface area contributed by atoms with Crippen molar-refractivity contribution in [1.82, 2.24) is 9.88 Å². The maximum atomic E-state index is 11.1. The molecule has 1 aromatic heterocycles. The highest BCUT2D eigenvalue weighted by Crippen LogP contribution is 2.11. The van der Waals surface area contributed by atoms with Gasteiger partial charge in [0.25, 0.3) is 0 Å². The third-order valence-corrected chi connectivity index (χ3v) is 2.18. The number of carbonyl (C=O) groups excluding carboxylic acids is 1. The van der Waals surface area contributed by atoms with E-state index in [2.05, 4.69) is 4.98 Å². The summed E-state index contributed by atoms with van der Waals surface area (Å²) in [5.41, 5.74) is 0.774. The van der Waals surface area contributed by atoms with E-state index < -0.39 is 0 Å². The molecule has 4 nitrogen and oxygen atoms in total. The van der Waals surface area contributed by atoms with Crippen molar-refractivity contribution in [3.63, 3.8) is 0 Å². The molecule has 0 spiro atoms. The first-order valence-corrected chi connectivity index (χ1v) is 4.66. The number of carbonyl (C=O) groups is 1. The van der Waals surface area contributed by atoms with Gasteiger partial charge >= 0.3 is 6.09 Å². The lowest BCUT2D eigenvalue weighted by molar-refractivity contribution is 0.157. The van der Waals surface area contributed by atoms with E-state index in [0.29, 0.717) is 24.8 Å². The van der Waals surface area contributed by atoms with Gasteiger partial charge in [0.15, 0.2) is 0 Å². The number of ether oxygens (including phenoxy) is 1. The molecule has 0 aromatic carbocycles. The van der Waals surface area contributed by atoms with E-state index in [-0.39, 0.29) is 6.09 Å². The molecule has 14 heavy (non-hydrogen) atoms. The second-order valence-electron chi connectivity index (χ2n) is 2.99. The number of cyclic esters (lactones) is 1. The van der Waals surface area contributed by atoms with E-state index in [9.17, 15) is 4.79 Å². The second-order valence-corrected chi connectivity index (χ2v) is 3.37. The zero-order valence-electron chi connectivity index (χ0n) is 7.44. The van der Waals surface area contributed by atoms with Gasteiger partial charge in [0, 0.05) is 0 Å². The van der Waals surface area contributed by atoms with E-state index in [4.69, 9.17) is 16.3 Å². The van der Waals surface area contributed by atoms with E-state index in [1.54, 1.807) is 11.0 Å². The Morgan fingerprint density at radius 2 is 2.43 bits per heavy atom. The normalized spacial score (nSPS) is 15.8. The molecule has 1 aliphatic heterocycles. The quantitative estimate of drug-likeness (QED) is 0.701. The van der Waals surface area contributed by atoms with Crippen molar-refractivity contribution >= 4 is 17.7 Å². The summed E-state index contributed by atoms with van der Waals surface area (Å²) in [6.07, 6.45) is -0.285. The molecule has 1 amide bonds. The van der Waals surface area contributed by atoms with Gasteiger partial charge in [0.2, 0.25) is 0 Å². The van der Waals surface area contributed by atoms with Gasteiger partial charge in [-0.25, -0.2) is 9.78 Å². The molecule has 0 radical (unpaired) electrons. The number of rotatable bonds is 2. The molecule has 74 valence electrons. The smallest absolute Gasteiger partial charge is 0.410 e. The predicted molar refractivity (Wildman–Crippen MR) is 51.0 cm³/mol. The van der Waals surface area contributed by atoms with Crippen LogP contribution in [-0.2, 0) is 11.3 Å². The zero-order chi connectivity index (χ0) is 9.97. The fourth-order valence-electron chi connectivity index (χ4n) is 1.30. The molecular formula is C9H9ClN2O2. The maximum Gasteiger partial charge on any atom is 0.410 e. The Kier molecular flexibility index (Phi) is 2.54. The summed E-state index contributed by atoms with van der Waals surface area (Å²) in [5, 5.41) is 0.440. The third-order valence-electron chi connectivity index (χ3n) is 1.97. The molecule has 0 bridgehead atoms. The number of aromatic nitrogens is 1. The predicted octanol–water partition coefficient (Wildman–Crippen LogP) is 1.69. The SMILES string of the molecule is O=C1OCCN1Cc1cccc(Cl)n1. The standard InChI is InChI=1S/C9H9ClN2O2/c10-8-3-1-2-7(11-8)6-12-4-5-14-9(12)13/h1-3H,4-6H2. The Bertz CT molecular complexity index is 356. The number of nitrogens with zero attached hydrogens (tertiary/aromatic N) is 2. The van der Waals surface area contributed by atoms with E-state index in [1.165, 1.54) is 0 Å². The van der Waals surface area contributed by atoms with E-state index in [0.717, 1.165) is 5.69 Å². The summed E-state index contributed by atoms with van der Waals surface area (Å²) >= 11 is 5.72. The Morgan fingerprint density at radius 3 is 3.07 bits per heavy atom. The van der Waals surface area contributed by atoms with Gasteiger partial charge in [0.1, 0.15) is 11.8 Å². The van der Waals surface area contributed by atoms with Gasteiger partial charge in [-0.15, -0.1) is 0 Å². The van der Waals surface area contributed by atoms with Gasteiger partial charge in [-0.1, -0.05) is 17.7 Å². The molecule has 0 saturated carbocycles. The number of amides is 1. The van der Waals surface area contributed by atoms with Crippen molar-refractivity contribution in [2.45, 2.75) is 6.54 Å². The largest absolute Gasteiger partial charge is 0.448 e. The van der Waals surface area contributed by atoms with Crippen molar-refractivity contribution in [3.8, 4) is 0 Å². The Labute approximate surface area is 86.4 Å². The molecule has 0 aliphatic carbocycles. The van der Waals surface area contributed by atoms with Crippen molar-refractivity contribution < 1.29 is 9.53 Å². The highest BCUT2D eigenvalue weighted by Gasteiger charge is 2.22. The topological polar surface area (TPSA) is 42.4 Å². The van der Waals surface area contributed by atoms with Gasteiger partial charge in [-0.2, -0.15) is 0 Å². The number of pyridine rings is 1. The molecule has 0 atom stereocenters. The van der Waals surface area contributed by atoms with Crippen LogP contribution in [0.5, 0.6) is 0 Å². The van der Waals surface area contributed by atoms with Gasteiger partial charge in [-0.3, -0.25) is 4.90 Å². The molecule has 1 saturated heterocycles. The molecule has 5 heteroatoms. The van der Waals surface area contributed by atoms with Gasteiger partial charge in [-0.05, 0) is 12.1 Å². The van der Waals surface area contributed by atoms with Crippen LogP contribution >= 0.6 is 11.6 Å². The molecule has 2 heterocycles. The molecule has 1 aliphatic rings. The summed E-state index contributed by atoms with van der Waals surface area (Å²) in [7, 11) is 0. The van der Waals surface area contributed by atoms with Crippen LogP contribution in [0.4, 0.5) is 4.79 Å². The van der Waals surface area contributed by atoms with Crippen molar-refractivity contribution in [1.29, 1.82) is 0 Å². The molecule has 1 fully saturated rings. The highest BCUT2D eigenvalue weighted by molar-refractivity contribution is 6.29. The molecule has 0 N–H and O–H groups in total. The zero-order valence-corrected chi connectivity index (χ0v) is 8.20.